The van der Waals surface area contributed by atoms with Crippen molar-refractivity contribution in [3.8, 4) is 0 Å². The van der Waals surface area contributed by atoms with Crippen LogP contribution >= 0.6 is 39.1 Å². The number of rotatable bonds is 8. The first-order valence-electron chi connectivity index (χ1n) is 10.6. The van der Waals surface area contributed by atoms with Crippen LogP contribution in [0.5, 0.6) is 0 Å². The predicted molar refractivity (Wildman–Crippen MR) is 139 cm³/mol. The Hall–Kier alpha value is -3.93. The number of carbonyl (C=O) groups excluding carboxylic acids is 4. The molecule has 196 valence electrons. The number of esters is 2. The van der Waals surface area contributed by atoms with Crippen molar-refractivity contribution in [2.24, 2.45) is 0 Å². The maximum atomic E-state index is 13.0. The number of nitrogens with one attached hydrogen (secondary N) is 2. The van der Waals surface area contributed by atoms with E-state index in [1.165, 1.54) is 60.7 Å². The highest BCUT2D eigenvalue weighted by atomic mass is 79.9. The monoisotopic (exact) mass is 622 g/mol. The molecule has 38 heavy (non-hydrogen) atoms. The molecular weight excluding hydrogens is 607 g/mol. The molecule has 0 aliphatic carbocycles. The molecule has 3 aromatic rings. The number of halogens is 3. The van der Waals surface area contributed by atoms with Crippen LogP contribution in [0.3, 0.4) is 0 Å². The summed E-state index contributed by atoms with van der Waals surface area (Å²) in [5.41, 5.74) is 4.10. The summed E-state index contributed by atoms with van der Waals surface area (Å²) in [5.74, 6) is -6.08. The fourth-order valence-corrected chi connectivity index (χ4v) is 3.41. The van der Waals surface area contributed by atoms with Gasteiger partial charge < -0.3 is 14.6 Å². The Balaban J connectivity index is 1.84. The molecular formula is C25H17BrCl2N2O8. The summed E-state index contributed by atoms with van der Waals surface area (Å²) in [4.78, 5) is 62.7. The first-order chi connectivity index (χ1) is 18.0. The van der Waals surface area contributed by atoms with Crippen molar-refractivity contribution in [2.45, 2.75) is 12.2 Å². The van der Waals surface area contributed by atoms with Crippen LogP contribution in [0.4, 0.5) is 0 Å². The molecule has 0 saturated carbocycles. The molecule has 2 amide bonds. The highest BCUT2D eigenvalue weighted by Crippen LogP contribution is 2.17. The maximum absolute atomic E-state index is 13.0. The standard InChI is InChI=1S/C25H17BrCl2N2O8/c26-16-7-1-13(2-8-16)21(31)29-30-22(32)19(37-24(35)14-3-9-17(27)10-4-14)20(23(33)34)38-25(36)15-5-11-18(28)12-6-15/h1-12,19-20H,(H,29,31)(H,30,32)(H,33,34)/t19-,20+/m0/s1. The van der Waals surface area contributed by atoms with Gasteiger partial charge in [-0.2, -0.15) is 0 Å². The molecule has 0 saturated heterocycles. The highest BCUT2D eigenvalue weighted by Gasteiger charge is 2.41. The Kier molecular flexibility index (Phi) is 9.83. The molecule has 0 bridgehead atoms. The Morgan fingerprint density at radius 3 is 1.53 bits per heavy atom. The van der Waals surface area contributed by atoms with E-state index >= 15 is 0 Å². The summed E-state index contributed by atoms with van der Waals surface area (Å²) in [6, 6.07) is 16.7. The molecule has 13 heteroatoms. The van der Waals surface area contributed by atoms with E-state index in [1.54, 1.807) is 12.1 Å². The van der Waals surface area contributed by atoms with Gasteiger partial charge in [-0.3, -0.25) is 20.4 Å². The van der Waals surface area contributed by atoms with E-state index in [1.807, 2.05) is 5.43 Å². The number of carboxylic acids is 1. The molecule has 3 rings (SSSR count). The summed E-state index contributed by atoms with van der Waals surface area (Å²) < 4.78 is 10.9. The Bertz CT molecular complexity index is 1350. The SMILES string of the molecule is O=C(NNC(=O)[C@@H](OC(=O)c1ccc(Cl)cc1)[C@@H](OC(=O)c1ccc(Cl)cc1)C(=O)O)c1ccc(Br)cc1. The number of hydrogen-bond acceptors (Lipinski definition) is 7. The molecule has 0 heterocycles. The van der Waals surface area contributed by atoms with Crippen LogP contribution in [0.25, 0.3) is 0 Å². The van der Waals surface area contributed by atoms with Gasteiger partial charge in [0.15, 0.2) is 0 Å². The largest absolute Gasteiger partial charge is 0.478 e. The lowest BCUT2D eigenvalue weighted by Gasteiger charge is -2.23. The van der Waals surface area contributed by atoms with Gasteiger partial charge in [0.1, 0.15) is 0 Å². The lowest BCUT2D eigenvalue weighted by atomic mass is 10.1. The molecule has 0 unspecified atom stereocenters. The van der Waals surface area contributed by atoms with Gasteiger partial charge in [-0.15, -0.1) is 0 Å². The minimum absolute atomic E-state index is 0.0701. The number of carbonyl (C=O) groups is 5. The molecule has 0 spiro atoms. The normalized spacial score (nSPS) is 12.0. The smallest absolute Gasteiger partial charge is 0.349 e. The van der Waals surface area contributed by atoms with Crippen LogP contribution in [-0.2, 0) is 19.1 Å². The van der Waals surface area contributed by atoms with Gasteiger partial charge in [-0.25, -0.2) is 14.4 Å². The summed E-state index contributed by atoms with van der Waals surface area (Å²) in [7, 11) is 0. The van der Waals surface area contributed by atoms with Crippen molar-refractivity contribution in [3.05, 3.63) is 104 Å². The number of aliphatic carboxylic acids is 1. The number of ether oxygens (including phenoxy) is 2. The Morgan fingerprint density at radius 1 is 0.658 bits per heavy atom. The zero-order valence-electron chi connectivity index (χ0n) is 19.0. The maximum Gasteiger partial charge on any atom is 0.349 e. The van der Waals surface area contributed by atoms with Crippen molar-refractivity contribution in [3.63, 3.8) is 0 Å². The first-order valence-corrected chi connectivity index (χ1v) is 12.1. The molecule has 10 nitrogen and oxygen atoms in total. The minimum atomic E-state index is -2.29. The topological polar surface area (TPSA) is 148 Å². The average Bonchev–Trinajstić information content (AvgIpc) is 2.89. The third kappa shape index (κ3) is 7.78. The average molecular weight is 624 g/mol. The Morgan fingerprint density at radius 2 is 1.08 bits per heavy atom. The molecule has 0 aromatic heterocycles. The molecule has 0 aliphatic heterocycles. The van der Waals surface area contributed by atoms with Crippen LogP contribution in [0, 0.1) is 0 Å². The van der Waals surface area contributed by atoms with Crippen LogP contribution in [0.2, 0.25) is 10.0 Å². The van der Waals surface area contributed by atoms with Crippen LogP contribution in [0.1, 0.15) is 31.1 Å². The molecule has 2 atom stereocenters. The summed E-state index contributed by atoms with van der Waals surface area (Å²) >= 11 is 14.8. The predicted octanol–water partition coefficient (Wildman–Crippen LogP) is 4.05. The lowest BCUT2D eigenvalue weighted by Crippen LogP contribution is -2.54. The van der Waals surface area contributed by atoms with Crippen molar-refractivity contribution in [2.75, 3.05) is 0 Å². The quantitative estimate of drug-likeness (QED) is 0.251. The van der Waals surface area contributed by atoms with E-state index in [-0.39, 0.29) is 16.7 Å². The third-order valence-electron chi connectivity index (χ3n) is 4.81. The van der Waals surface area contributed by atoms with Crippen molar-refractivity contribution in [1.29, 1.82) is 0 Å². The van der Waals surface area contributed by atoms with Gasteiger partial charge >= 0.3 is 17.9 Å². The lowest BCUT2D eigenvalue weighted by molar-refractivity contribution is -0.159. The number of hydrogen-bond donors (Lipinski definition) is 3. The van der Waals surface area contributed by atoms with E-state index in [0.29, 0.717) is 14.5 Å². The number of hydrazine groups is 1. The molecule has 3 aromatic carbocycles. The van der Waals surface area contributed by atoms with Crippen LogP contribution in [-0.4, -0.2) is 47.0 Å². The first kappa shape index (κ1) is 28.6. The summed E-state index contributed by atoms with van der Waals surface area (Å²) in [5, 5.41) is 10.4. The van der Waals surface area contributed by atoms with E-state index < -0.39 is 41.9 Å². The zero-order valence-corrected chi connectivity index (χ0v) is 22.1. The second-order valence-electron chi connectivity index (χ2n) is 7.45. The molecule has 3 N–H and O–H groups in total. The fraction of sp³-hybridized carbons (Fsp3) is 0.0800. The van der Waals surface area contributed by atoms with E-state index in [0.717, 1.165) is 0 Å². The van der Waals surface area contributed by atoms with Gasteiger partial charge in [-0.05, 0) is 72.8 Å². The van der Waals surface area contributed by atoms with E-state index in [2.05, 4.69) is 21.4 Å². The van der Waals surface area contributed by atoms with Gasteiger partial charge in [0.25, 0.3) is 11.8 Å². The second-order valence-corrected chi connectivity index (χ2v) is 9.24. The van der Waals surface area contributed by atoms with Gasteiger partial charge in [-0.1, -0.05) is 39.1 Å². The van der Waals surface area contributed by atoms with Gasteiger partial charge in [0.05, 0.1) is 11.1 Å². The number of carboxylic acid groups (broad SMARTS) is 1. The Labute approximate surface area is 233 Å². The minimum Gasteiger partial charge on any atom is -0.478 e. The fourth-order valence-electron chi connectivity index (χ4n) is 2.90. The van der Waals surface area contributed by atoms with Crippen LogP contribution in [0.15, 0.2) is 77.3 Å². The molecule has 0 aliphatic rings. The highest BCUT2D eigenvalue weighted by molar-refractivity contribution is 9.10. The van der Waals surface area contributed by atoms with Gasteiger partial charge in [0, 0.05) is 20.1 Å². The number of amides is 2. The van der Waals surface area contributed by atoms with E-state index in [4.69, 9.17) is 32.7 Å². The van der Waals surface area contributed by atoms with Gasteiger partial charge in [0.2, 0.25) is 12.2 Å². The summed E-state index contributed by atoms with van der Waals surface area (Å²) in [6.45, 7) is 0. The van der Waals surface area contributed by atoms with Crippen molar-refractivity contribution >= 4 is 68.9 Å². The van der Waals surface area contributed by atoms with Crippen molar-refractivity contribution < 1.29 is 38.6 Å². The molecule has 0 fully saturated rings. The molecule has 0 radical (unpaired) electrons. The van der Waals surface area contributed by atoms with Crippen molar-refractivity contribution in [1.82, 2.24) is 10.9 Å². The second kappa shape index (κ2) is 13.0. The number of benzene rings is 3. The summed E-state index contributed by atoms with van der Waals surface area (Å²) in [6.07, 6.45) is -4.50. The van der Waals surface area contributed by atoms with E-state index in [9.17, 15) is 29.1 Å². The van der Waals surface area contributed by atoms with Crippen LogP contribution < -0.4 is 10.9 Å². The zero-order chi connectivity index (χ0) is 27.8. The third-order valence-corrected chi connectivity index (χ3v) is 5.84.